The third-order valence-corrected chi connectivity index (χ3v) is 2.71. The van der Waals surface area contributed by atoms with Crippen LogP contribution in [0.3, 0.4) is 0 Å². The Balaban J connectivity index is 2.91. The minimum atomic E-state index is -1.89. The van der Waals surface area contributed by atoms with E-state index in [4.69, 9.17) is 4.89 Å². The number of allylic oxidation sites excluding steroid dienone is 1. The smallest absolute Gasteiger partial charge is 0.161 e. The molecule has 0 saturated carbocycles. The van der Waals surface area contributed by atoms with Gasteiger partial charge in [0.05, 0.1) is 0 Å². The van der Waals surface area contributed by atoms with Crippen molar-refractivity contribution < 1.29 is 9.46 Å². The molecule has 0 rings (SSSR count). The van der Waals surface area contributed by atoms with Crippen molar-refractivity contribution in [1.82, 2.24) is 0 Å². The molecule has 0 aliphatic carbocycles. The summed E-state index contributed by atoms with van der Waals surface area (Å²) in [5, 5.41) is 0. The molecular weight excluding hydrogens is 183 g/mol. The zero-order valence-electron chi connectivity index (χ0n) is 8.24. The quantitative estimate of drug-likeness (QED) is 0.353. The lowest BCUT2D eigenvalue weighted by molar-refractivity contribution is 0.498. The number of hydrogen-bond donors (Lipinski definition) is 1. The first-order chi connectivity index (χ1) is 6.27. The lowest BCUT2D eigenvalue weighted by atomic mass is 10.1. The molecule has 0 fully saturated rings. The standard InChI is InChI=1S/C10H19O2P/c1-2-3-4-5-6-7-8-9-10-13(11)12/h2H,1,3-10H2/p+1. The van der Waals surface area contributed by atoms with Crippen molar-refractivity contribution in [3.8, 4) is 0 Å². The summed E-state index contributed by atoms with van der Waals surface area (Å²) in [5.74, 6) is 0. The summed E-state index contributed by atoms with van der Waals surface area (Å²) in [4.78, 5) is 8.52. The number of rotatable bonds is 9. The lowest BCUT2D eigenvalue weighted by Crippen LogP contribution is -1.82. The van der Waals surface area contributed by atoms with Crippen LogP contribution in [0.4, 0.5) is 0 Å². The van der Waals surface area contributed by atoms with E-state index >= 15 is 0 Å². The molecule has 1 atom stereocenters. The lowest BCUT2D eigenvalue weighted by Gasteiger charge is -1.97. The maximum Gasteiger partial charge on any atom is 0.505 e. The van der Waals surface area contributed by atoms with Gasteiger partial charge in [-0.25, -0.2) is 0 Å². The van der Waals surface area contributed by atoms with Crippen LogP contribution in [0.1, 0.15) is 44.9 Å². The van der Waals surface area contributed by atoms with Gasteiger partial charge in [0.2, 0.25) is 0 Å². The third kappa shape index (κ3) is 11.8. The van der Waals surface area contributed by atoms with Gasteiger partial charge in [-0.2, -0.15) is 4.89 Å². The molecule has 0 bridgehead atoms. The molecule has 76 valence electrons. The second-order valence-electron chi connectivity index (χ2n) is 3.27. The summed E-state index contributed by atoms with van der Waals surface area (Å²) in [5.41, 5.74) is 0. The average Bonchev–Trinajstić information content (AvgIpc) is 2.09. The maximum absolute atomic E-state index is 10.3. The summed E-state index contributed by atoms with van der Waals surface area (Å²) in [6.07, 6.45) is 10.5. The second-order valence-corrected chi connectivity index (χ2v) is 4.43. The Kier molecular flexibility index (Phi) is 9.73. The van der Waals surface area contributed by atoms with Crippen LogP contribution in [-0.2, 0) is 4.57 Å². The Morgan fingerprint density at radius 1 is 1.08 bits per heavy atom. The zero-order valence-corrected chi connectivity index (χ0v) is 9.14. The van der Waals surface area contributed by atoms with E-state index in [-0.39, 0.29) is 0 Å². The highest BCUT2D eigenvalue weighted by atomic mass is 31.1. The maximum atomic E-state index is 10.3. The van der Waals surface area contributed by atoms with Crippen molar-refractivity contribution in [1.29, 1.82) is 0 Å². The van der Waals surface area contributed by atoms with E-state index in [0.717, 1.165) is 19.3 Å². The van der Waals surface area contributed by atoms with Crippen LogP contribution in [0.2, 0.25) is 0 Å². The van der Waals surface area contributed by atoms with E-state index in [1.165, 1.54) is 25.7 Å². The Hall–Kier alpha value is -0.200. The third-order valence-electron chi connectivity index (χ3n) is 2.01. The molecule has 0 aromatic heterocycles. The molecule has 0 heterocycles. The van der Waals surface area contributed by atoms with Crippen molar-refractivity contribution >= 4 is 8.03 Å². The van der Waals surface area contributed by atoms with Crippen LogP contribution in [0.25, 0.3) is 0 Å². The van der Waals surface area contributed by atoms with Crippen molar-refractivity contribution in [2.75, 3.05) is 6.16 Å². The Morgan fingerprint density at radius 2 is 1.62 bits per heavy atom. The monoisotopic (exact) mass is 203 g/mol. The van der Waals surface area contributed by atoms with Crippen LogP contribution < -0.4 is 0 Å². The summed E-state index contributed by atoms with van der Waals surface area (Å²) in [7, 11) is -1.89. The SMILES string of the molecule is C=CCCCCCCCC[P+](=O)O. The van der Waals surface area contributed by atoms with E-state index in [0.29, 0.717) is 6.16 Å². The first-order valence-corrected chi connectivity index (χ1v) is 6.41. The van der Waals surface area contributed by atoms with E-state index < -0.39 is 8.03 Å². The molecule has 0 amide bonds. The number of hydrogen-bond acceptors (Lipinski definition) is 1. The molecule has 0 saturated heterocycles. The highest BCUT2D eigenvalue weighted by Gasteiger charge is 2.07. The molecule has 0 radical (unpaired) electrons. The van der Waals surface area contributed by atoms with Crippen LogP contribution in [0.5, 0.6) is 0 Å². The molecule has 3 heteroatoms. The topological polar surface area (TPSA) is 37.3 Å². The molecule has 0 aromatic carbocycles. The van der Waals surface area contributed by atoms with E-state index in [1.54, 1.807) is 0 Å². The second kappa shape index (κ2) is 9.88. The van der Waals surface area contributed by atoms with Crippen molar-refractivity contribution in [2.24, 2.45) is 0 Å². The zero-order chi connectivity index (χ0) is 9.94. The molecule has 0 aliphatic rings. The molecule has 2 nitrogen and oxygen atoms in total. The van der Waals surface area contributed by atoms with Gasteiger partial charge in [0.15, 0.2) is 6.16 Å². The average molecular weight is 203 g/mol. The number of unbranched alkanes of at least 4 members (excludes halogenated alkanes) is 6. The summed E-state index contributed by atoms with van der Waals surface area (Å²) in [6.45, 7) is 3.67. The fourth-order valence-corrected chi connectivity index (χ4v) is 1.74. The van der Waals surface area contributed by atoms with Crippen LogP contribution in [0.15, 0.2) is 12.7 Å². The van der Waals surface area contributed by atoms with Gasteiger partial charge in [0.25, 0.3) is 0 Å². The summed E-state index contributed by atoms with van der Waals surface area (Å²) in [6, 6.07) is 0. The van der Waals surface area contributed by atoms with Crippen molar-refractivity contribution in [3.05, 3.63) is 12.7 Å². The predicted molar refractivity (Wildman–Crippen MR) is 57.2 cm³/mol. The summed E-state index contributed by atoms with van der Waals surface area (Å²) < 4.78 is 10.3. The molecule has 1 unspecified atom stereocenters. The largest absolute Gasteiger partial charge is 0.505 e. The molecular formula is C10H20O2P+. The van der Waals surface area contributed by atoms with Crippen molar-refractivity contribution in [2.45, 2.75) is 44.9 Å². The molecule has 0 spiro atoms. The van der Waals surface area contributed by atoms with Gasteiger partial charge >= 0.3 is 8.03 Å². The fraction of sp³-hybridized carbons (Fsp3) is 0.800. The molecule has 0 aliphatic heterocycles. The fourth-order valence-electron chi connectivity index (χ4n) is 1.24. The predicted octanol–water partition coefficient (Wildman–Crippen LogP) is 3.64. The highest BCUT2D eigenvalue weighted by Crippen LogP contribution is 2.16. The first-order valence-electron chi connectivity index (χ1n) is 5.02. The van der Waals surface area contributed by atoms with E-state index in [9.17, 15) is 4.57 Å². The molecule has 0 aromatic rings. The Labute approximate surface area is 81.9 Å². The van der Waals surface area contributed by atoms with Crippen LogP contribution in [0, 0.1) is 0 Å². The highest BCUT2D eigenvalue weighted by molar-refractivity contribution is 7.37. The Morgan fingerprint density at radius 3 is 2.15 bits per heavy atom. The van der Waals surface area contributed by atoms with E-state index in [2.05, 4.69) is 6.58 Å². The van der Waals surface area contributed by atoms with E-state index in [1.807, 2.05) is 6.08 Å². The van der Waals surface area contributed by atoms with Crippen LogP contribution >= 0.6 is 8.03 Å². The Bertz CT molecular complexity index is 146. The van der Waals surface area contributed by atoms with Gasteiger partial charge < -0.3 is 0 Å². The van der Waals surface area contributed by atoms with Gasteiger partial charge in [-0.15, -0.1) is 6.58 Å². The van der Waals surface area contributed by atoms with Gasteiger partial charge in [0.1, 0.15) is 0 Å². The molecule has 13 heavy (non-hydrogen) atoms. The van der Waals surface area contributed by atoms with Gasteiger partial charge in [-0.05, 0) is 30.2 Å². The minimum Gasteiger partial charge on any atom is -0.161 e. The van der Waals surface area contributed by atoms with Crippen LogP contribution in [-0.4, -0.2) is 11.1 Å². The molecule has 1 N–H and O–H groups in total. The first kappa shape index (κ1) is 12.8. The van der Waals surface area contributed by atoms with Gasteiger partial charge in [0, 0.05) is 0 Å². The normalized spacial score (nSPS) is 11.3. The van der Waals surface area contributed by atoms with Gasteiger partial charge in [-0.3, -0.25) is 0 Å². The van der Waals surface area contributed by atoms with Gasteiger partial charge in [-0.1, -0.05) is 25.3 Å². The minimum absolute atomic E-state index is 0.474. The van der Waals surface area contributed by atoms with Crippen molar-refractivity contribution in [3.63, 3.8) is 0 Å². The summed E-state index contributed by atoms with van der Waals surface area (Å²) >= 11 is 0.